The summed E-state index contributed by atoms with van der Waals surface area (Å²) in [6.07, 6.45) is 0.325. The fraction of sp³-hybridized carbons (Fsp3) is 0.385. The average molecular weight is 236 g/mol. The van der Waals surface area contributed by atoms with E-state index in [-0.39, 0.29) is 25.6 Å². The normalized spacial score (nSPS) is 9.94. The minimum absolute atomic E-state index is 0.0441. The molecule has 0 aliphatic carbocycles. The molecule has 0 saturated carbocycles. The first-order valence-electron chi connectivity index (χ1n) is 5.45. The number of hydrogen-bond donors (Lipinski definition) is 0. The minimum Gasteiger partial charge on any atom is -0.459 e. The van der Waals surface area contributed by atoms with Gasteiger partial charge in [0.15, 0.2) is 0 Å². The van der Waals surface area contributed by atoms with Crippen LogP contribution in [0.2, 0.25) is 0 Å². The van der Waals surface area contributed by atoms with Gasteiger partial charge in [-0.05, 0) is 12.5 Å². The van der Waals surface area contributed by atoms with Crippen molar-refractivity contribution in [3.8, 4) is 0 Å². The molecule has 0 N–H and O–H groups in total. The van der Waals surface area contributed by atoms with E-state index in [4.69, 9.17) is 9.47 Å². The number of carbonyl (C=O) groups is 2. The first-order chi connectivity index (χ1) is 8.18. The fourth-order valence-corrected chi connectivity index (χ4v) is 1.15. The van der Waals surface area contributed by atoms with Crippen LogP contribution in [0.3, 0.4) is 0 Å². The van der Waals surface area contributed by atoms with Gasteiger partial charge in [-0.1, -0.05) is 30.3 Å². The largest absolute Gasteiger partial charge is 0.459 e. The smallest absolute Gasteiger partial charge is 0.332 e. The fourth-order valence-electron chi connectivity index (χ4n) is 1.15. The molecule has 4 heteroatoms. The summed E-state index contributed by atoms with van der Waals surface area (Å²) in [6, 6.07) is 9.42. The molecule has 0 saturated heterocycles. The van der Waals surface area contributed by atoms with Crippen LogP contribution in [-0.2, 0) is 25.7 Å². The Labute approximate surface area is 101 Å². The van der Waals surface area contributed by atoms with Gasteiger partial charge in [-0.2, -0.15) is 0 Å². The Morgan fingerprint density at radius 3 is 2.53 bits per heavy atom. The van der Waals surface area contributed by atoms with E-state index in [1.165, 1.54) is 6.92 Å². The summed E-state index contributed by atoms with van der Waals surface area (Å²) >= 11 is 0. The topological polar surface area (TPSA) is 52.6 Å². The highest BCUT2D eigenvalue weighted by molar-refractivity contribution is 5.75. The summed E-state index contributed by atoms with van der Waals surface area (Å²) in [5.74, 6) is -0.375. The summed E-state index contributed by atoms with van der Waals surface area (Å²) in [4.78, 5) is 21.8. The molecule has 17 heavy (non-hydrogen) atoms. The summed E-state index contributed by atoms with van der Waals surface area (Å²) in [5.41, 5.74) is 0.935. The Balaban J connectivity index is 2.11. The number of rotatable bonds is 7. The molecular weight excluding hydrogens is 220 g/mol. The van der Waals surface area contributed by atoms with Gasteiger partial charge in [-0.25, -0.2) is 4.79 Å². The lowest BCUT2D eigenvalue weighted by Gasteiger charge is -2.05. The van der Waals surface area contributed by atoms with Gasteiger partial charge in [0.25, 0.3) is 0 Å². The lowest BCUT2D eigenvalue weighted by atomic mass is 10.2. The van der Waals surface area contributed by atoms with E-state index in [2.05, 4.69) is 0 Å². The van der Waals surface area contributed by atoms with Crippen LogP contribution >= 0.6 is 0 Å². The highest BCUT2D eigenvalue weighted by Gasteiger charge is 2.03. The van der Waals surface area contributed by atoms with Crippen LogP contribution in [0.25, 0.3) is 0 Å². The predicted octanol–water partition coefficient (Wildman–Crippen LogP) is 1.73. The third-order valence-corrected chi connectivity index (χ3v) is 2.06. The van der Waals surface area contributed by atoms with Gasteiger partial charge < -0.3 is 9.47 Å². The molecule has 0 fully saturated rings. The summed E-state index contributed by atoms with van der Waals surface area (Å²) < 4.78 is 9.99. The maximum absolute atomic E-state index is 11.2. The zero-order valence-corrected chi connectivity index (χ0v) is 9.85. The second kappa shape index (κ2) is 7.57. The summed E-state index contributed by atoms with van der Waals surface area (Å²) in [6.45, 7) is 1.88. The molecule has 1 aromatic carbocycles. The molecule has 92 valence electrons. The molecule has 1 rings (SSSR count). The van der Waals surface area contributed by atoms with Crippen LogP contribution in [0, 0.1) is 0 Å². The quantitative estimate of drug-likeness (QED) is 0.534. The van der Waals surface area contributed by atoms with Crippen molar-refractivity contribution in [1.82, 2.24) is 0 Å². The molecule has 1 aromatic rings. The van der Waals surface area contributed by atoms with Gasteiger partial charge in [-0.3, -0.25) is 4.79 Å². The van der Waals surface area contributed by atoms with Gasteiger partial charge >= 0.3 is 5.97 Å². The molecule has 0 amide bonds. The monoisotopic (exact) mass is 236 g/mol. The molecular formula is C13H16O4. The van der Waals surface area contributed by atoms with E-state index in [9.17, 15) is 9.59 Å². The number of carbonyl (C=O) groups excluding carboxylic acids is 2. The Kier molecular flexibility index (Phi) is 5.96. The Bertz CT molecular complexity index is 359. The van der Waals surface area contributed by atoms with Crippen LogP contribution in [0.15, 0.2) is 30.3 Å². The van der Waals surface area contributed by atoms with E-state index in [0.29, 0.717) is 6.42 Å². The van der Waals surface area contributed by atoms with Crippen LogP contribution < -0.4 is 0 Å². The predicted molar refractivity (Wildman–Crippen MR) is 62.4 cm³/mol. The molecule has 0 radical (unpaired) electrons. The van der Waals surface area contributed by atoms with E-state index in [1.54, 1.807) is 0 Å². The van der Waals surface area contributed by atoms with E-state index in [0.717, 1.165) is 5.56 Å². The Morgan fingerprint density at radius 2 is 1.88 bits per heavy atom. The lowest BCUT2D eigenvalue weighted by molar-refractivity contribution is -0.150. The van der Waals surface area contributed by atoms with Gasteiger partial charge in [0.2, 0.25) is 0 Å². The van der Waals surface area contributed by atoms with Gasteiger partial charge in [0, 0.05) is 6.42 Å². The van der Waals surface area contributed by atoms with Crippen molar-refractivity contribution >= 4 is 11.8 Å². The first-order valence-corrected chi connectivity index (χ1v) is 5.45. The highest BCUT2D eigenvalue weighted by Crippen LogP contribution is 2.00. The molecule has 0 atom stereocenters. The lowest BCUT2D eigenvalue weighted by Crippen LogP contribution is -2.14. The number of Topliss-reactive ketones (excluding diaryl/α,β-unsaturated/α-hetero) is 1. The second-order valence-corrected chi connectivity index (χ2v) is 3.65. The summed E-state index contributed by atoms with van der Waals surface area (Å²) in [7, 11) is 0. The van der Waals surface area contributed by atoms with Gasteiger partial charge in [0.1, 0.15) is 19.0 Å². The standard InChI is InChI=1S/C13H16O4/c1-11(14)7-8-16-10-13(15)17-9-12-5-3-2-4-6-12/h2-6H,7-10H2,1H3. The van der Waals surface area contributed by atoms with Gasteiger partial charge in [-0.15, -0.1) is 0 Å². The van der Waals surface area contributed by atoms with Crippen molar-refractivity contribution < 1.29 is 19.1 Å². The zero-order chi connectivity index (χ0) is 12.5. The third-order valence-electron chi connectivity index (χ3n) is 2.06. The Hall–Kier alpha value is -1.68. The number of benzene rings is 1. The highest BCUT2D eigenvalue weighted by atomic mass is 16.6. The number of ketones is 1. The molecule has 0 aliphatic heterocycles. The molecule has 4 nitrogen and oxygen atoms in total. The molecule has 0 heterocycles. The SMILES string of the molecule is CC(=O)CCOCC(=O)OCc1ccccc1. The molecule has 0 bridgehead atoms. The zero-order valence-electron chi connectivity index (χ0n) is 9.85. The number of esters is 1. The molecule has 0 aliphatic rings. The molecule has 0 unspecified atom stereocenters. The third kappa shape index (κ3) is 6.48. The van der Waals surface area contributed by atoms with E-state index < -0.39 is 5.97 Å². The van der Waals surface area contributed by atoms with Crippen molar-refractivity contribution in [1.29, 1.82) is 0 Å². The van der Waals surface area contributed by atoms with Crippen molar-refractivity contribution in [2.75, 3.05) is 13.2 Å². The maximum atomic E-state index is 11.2. The van der Waals surface area contributed by atoms with Crippen LogP contribution in [0.5, 0.6) is 0 Å². The molecule has 0 aromatic heterocycles. The average Bonchev–Trinajstić information content (AvgIpc) is 2.33. The van der Waals surface area contributed by atoms with Crippen LogP contribution in [0.4, 0.5) is 0 Å². The molecule has 0 spiro atoms. The van der Waals surface area contributed by atoms with E-state index >= 15 is 0 Å². The van der Waals surface area contributed by atoms with Crippen molar-refractivity contribution in [2.45, 2.75) is 20.0 Å². The first kappa shape index (κ1) is 13.4. The second-order valence-electron chi connectivity index (χ2n) is 3.65. The number of hydrogen-bond acceptors (Lipinski definition) is 4. The van der Waals surface area contributed by atoms with Crippen molar-refractivity contribution in [2.24, 2.45) is 0 Å². The van der Waals surface area contributed by atoms with Crippen molar-refractivity contribution in [3.05, 3.63) is 35.9 Å². The van der Waals surface area contributed by atoms with E-state index in [1.807, 2.05) is 30.3 Å². The maximum Gasteiger partial charge on any atom is 0.332 e. The van der Waals surface area contributed by atoms with Gasteiger partial charge in [0.05, 0.1) is 6.61 Å². The summed E-state index contributed by atoms with van der Waals surface area (Å²) in [5, 5.41) is 0. The van der Waals surface area contributed by atoms with Crippen LogP contribution in [-0.4, -0.2) is 25.0 Å². The Morgan fingerprint density at radius 1 is 1.18 bits per heavy atom. The minimum atomic E-state index is -0.419. The number of ether oxygens (including phenoxy) is 2. The van der Waals surface area contributed by atoms with Crippen LogP contribution in [0.1, 0.15) is 18.9 Å². The van der Waals surface area contributed by atoms with Crippen molar-refractivity contribution in [3.63, 3.8) is 0 Å².